The maximum absolute atomic E-state index is 13.0. The molecule has 0 aromatic heterocycles. The number of benzene rings is 3. The average Bonchev–Trinajstić information content (AvgIpc) is 2.49. The Balaban J connectivity index is 0.00000176. The highest BCUT2D eigenvalue weighted by Gasteiger charge is 2.26. The third-order valence-electron chi connectivity index (χ3n) is 3.64. The predicted octanol–water partition coefficient (Wildman–Crippen LogP) is 3.75. The lowest BCUT2D eigenvalue weighted by Gasteiger charge is -2.25. The van der Waals surface area contributed by atoms with Crippen LogP contribution in [0.25, 0.3) is 10.8 Å². The second-order valence-corrected chi connectivity index (χ2v) is 5.25. The van der Waals surface area contributed by atoms with Crippen LogP contribution in [0, 0.1) is 5.82 Å². The molecule has 3 rings (SSSR count). The minimum atomic E-state index is -1.50. The minimum Gasteiger partial charge on any atom is -0.371 e. The van der Waals surface area contributed by atoms with E-state index in [0.717, 1.165) is 16.3 Å². The largest absolute Gasteiger partial charge is 0.371 e. The highest BCUT2D eigenvalue weighted by molar-refractivity contribution is 5.86. The van der Waals surface area contributed by atoms with E-state index in [9.17, 15) is 9.50 Å². The van der Waals surface area contributed by atoms with Crippen LogP contribution in [0.4, 0.5) is 4.39 Å². The van der Waals surface area contributed by atoms with E-state index in [1.54, 1.807) is 12.1 Å². The van der Waals surface area contributed by atoms with Crippen molar-refractivity contribution in [1.82, 2.24) is 0 Å². The van der Waals surface area contributed by atoms with Crippen LogP contribution in [0.3, 0.4) is 0 Å². The Kier molecular flexibility index (Phi) is 4.81. The Morgan fingerprint density at radius 3 is 2.27 bits per heavy atom. The highest BCUT2D eigenvalue weighted by Crippen LogP contribution is 2.28. The third kappa shape index (κ3) is 3.28. The molecule has 0 bridgehead atoms. The van der Waals surface area contributed by atoms with Crippen LogP contribution < -0.4 is 5.73 Å². The van der Waals surface area contributed by atoms with Crippen LogP contribution in [0.5, 0.6) is 0 Å². The van der Waals surface area contributed by atoms with E-state index in [-0.39, 0.29) is 24.6 Å². The molecule has 114 valence electrons. The number of fused-ring (bicyclic) bond motifs is 1. The molecule has 0 aliphatic carbocycles. The summed E-state index contributed by atoms with van der Waals surface area (Å²) in [6.45, 7) is 0. The predicted molar refractivity (Wildman–Crippen MR) is 89.4 cm³/mol. The molecule has 1 atom stereocenters. The van der Waals surface area contributed by atoms with Crippen LogP contribution >= 0.6 is 12.4 Å². The molecule has 0 aliphatic rings. The molecule has 1 unspecified atom stereocenters. The van der Waals surface area contributed by atoms with Gasteiger partial charge in [-0.1, -0.05) is 54.6 Å². The summed E-state index contributed by atoms with van der Waals surface area (Å²) in [5.74, 6) is -0.301. The molecule has 4 heteroatoms. The SMILES string of the molecule is Cl.NC(O)(Cc1ccc(F)cc1)c1cccc2ccccc12. The van der Waals surface area contributed by atoms with Crippen molar-refractivity contribution in [2.45, 2.75) is 12.1 Å². The van der Waals surface area contributed by atoms with Crippen molar-refractivity contribution in [2.75, 3.05) is 0 Å². The molecule has 0 fully saturated rings. The molecule has 3 N–H and O–H groups in total. The fourth-order valence-electron chi connectivity index (χ4n) is 2.61. The molecule has 0 spiro atoms. The summed E-state index contributed by atoms with van der Waals surface area (Å²) in [6.07, 6.45) is 0.223. The van der Waals surface area contributed by atoms with Crippen LogP contribution in [0.1, 0.15) is 11.1 Å². The summed E-state index contributed by atoms with van der Waals surface area (Å²) in [6, 6.07) is 19.5. The summed E-state index contributed by atoms with van der Waals surface area (Å²) in [4.78, 5) is 0. The topological polar surface area (TPSA) is 46.2 Å². The van der Waals surface area contributed by atoms with Gasteiger partial charge in [-0.3, -0.25) is 5.73 Å². The van der Waals surface area contributed by atoms with Gasteiger partial charge in [-0.15, -0.1) is 12.4 Å². The molecule has 22 heavy (non-hydrogen) atoms. The van der Waals surface area contributed by atoms with Crippen molar-refractivity contribution in [3.8, 4) is 0 Å². The van der Waals surface area contributed by atoms with E-state index in [0.29, 0.717) is 5.56 Å². The lowest BCUT2D eigenvalue weighted by atomic mass is 9.91. The quantitative estimate of drug-likeness (QED) is 0.723. The molecule has 0 amide bonds. The maximum Gasteiger partial charge on any atom is 0.144 e. The number of aliphatic hydroxyl groups is 1. The Morgan fingerprint density at radius 1 is 0.909 bits per heavy atom. The summed E-state index contributed by atoms with van der Waals surface area (Å²) in [7, 11) is 0. The van der Waals surface area contributed by atoms with Crippen molar-refractivity contribution in [1.29, 1.82) is 0 Å². The van der Waals surface area contributed by atoms with E-state index < -0.39 is 5.72 Å². The average molecular weight is 318 g/mol. The molecule has 0 radical (unpaired) electrons. The number of nitrogens with two attached hydrogens (primary N) is 1. The van der Waals surface area contributed by atoms with Gasteiger partial charge in [-0.2, -0.15) is 0 Å². The molecule has 0 saturated carbocycles. The van der Waals surface area contributed by atoms with Gasteiger partial charge in [0.2, 0.25) is 0 Å². The van der Waals surface area contributed by atoms with Gasteiger partial charge in [0.15, 0.2) is 0 Å². The highest BCUT2D eigenvalue weighted by atomic mass is 35.5. The maximum atomic E-state index is 13.0. The van der Waals surface area contributed by atoms with Gasteiger partial charge in [-0.25, -0.2) is 4.39 Å². The molecular formula is C18H17ClFNO. The number of hydrogen-bond donors (Lipinski definition) is 2. The first-order valence-electron chi connectivity index (χ1n) is 6.80. The van der Waals surface area contributed by atoms with Crippen molar-refractivity contribution < 1.29 is 9.50 Å². The second-order valence-electron chi connectivity index (χ2n) is 5.25. The third-order valence-corrected chi connectivity index (χ3v) is 3.64. The minimum absolute atomic E-state index is 0. The van der Waals surface area contributed by atoms with Crippen molar-refractivity contribution in [3.63, 3.8) is 0 Å². The van der Waals surface area contributed by atoms with Gasteiger partial charge >= 0.3 is 0 Å². The van der Waals surface area contributed by atoms with Crippen molar-refractivity contribution >= 4 is 23.2 Å². The van der Waals surface area contributed by atoms with E-state index in [2.05, 4.69) is 0 Å². The summed E-state index contributed by atoms with van der Waals surface area (Å²) >= 11 is 0. The van der Waals surface area contributed by atoms with Gasteiger partial charge in [0.25, 0.3) is 0 Å². The summed E-state index contributed by atoms with van der Waals surface area (Å²) in [5.41, 5.74) is 6.09. The first kappa shape index (κ1) is 16.4. The summed E-state index contributed by atoms with van der Waals surface area (Å²) < 4.78 is 13.0. The van der Waals surface area contributed by atoms with E-state index in [4.69, 9.17) is 5.73 Å². The lowest BCUT2D eigenvalue weighted by molar-refractivity contribution is 0.0454. The summed E-state index contributed by atoms with van der Waals surface area (Å²) in [5, 5.41) is 12.6. The lowest BCUT2D eigenvalue weighted by Crippen LogP contribution is -2.38. The van der Waals surface area contributed by atoms with Gasteiger partial charge in [0, 0.05) is 12.0 Å². The van der Waals surface area contributed by atoms with Crippen molar-refractivity contribution in [2.24, 2.45) is 5.73 Å². The zero-order chi connectivity index (χ0) is 14.9. The van der Waals surface area contributed by atoms with Crippen LogP contribution in [-0.2, 0) is 12.1 Å². The molecule has 0 aliphatic heterocycles. The zero-order valence-electron chi connectivity index (χ0n) is 11.9. The molecule has 2 nitrogen and oxygen atoms in total. The van der Waals surface area contributed by atoms with E-state index in [1.807, 2.05) is 42.5 Å². The normalized spacial score (nSPS) is 13.4. The Bertz CT molecular complexity index is 766. The van der Waals surface area contributed by atoms with E-state index in [1.165, 1.54) is 12.1 Å². The molecule has 0 saturated heterocycles. The fourth-order valence-corrected chi connectivity index (χ4v) is 2.61. The smallest absolute Gasteiger partial charge is 0.144 e. The Labute approximate surface area is 134 Å². The van der Waals surface area contributed by atoms with Gasteiger partial charge in [0.05, 0.1) is 0 Å². The van der Waals surface area contributed by atoms with Gasteiger partial charge in [0.1, 0.15) is 11.5 Å². The van der Waals surface area contributed by atoms with Crippen molar-refractivity contribution in [3.05, 3.63) is 83.7 Å². The van der Waals surface area contributed by atoms with Crippen LogP contribution in [-0.4, -0.2) is 5.11 Å². The fraction of sp³-hybridized carbons (Fsp3) is 0.111. The standard InChI is InChI=1S/C18H16FNO.ClH/c19-15-10-8-13(9-11-15)12-18(20,21)17-7-3-5-14-4-1-2-6-16(14)17;/h1-11,21H,12,20H2;1H. The molecule has 0 heterocycles. The van der Waals surface area contributed by atoms with Crippen LogP contribution in [0.15, 0.2) is 66.7 Å². The molecular weight excluding hydrogens is 301 g/mol. The van der Waals surface area contributed by atoms with Crippen LogP contribution in [0.2, 0.25) is 0 Å². The second kappa shape index (κ2) is 6.44. The van der Waals surface area contributed by atoms with E-state index >= 15 is 0 Å². The Hall–Kier alpha value is -1.94. The first-order valence-corrected chi connectivity index (χ1v) is 6.80. The number of halogens is 2. The number of rotatable bonds is 3. The van der Waals surface area contributed by atoms with Gasteiger partial charge in [-0.05, 0) is 28.5 Å². The molecule has 3 aromatic rings. The molecule has 3 aromatic carbocycles. The zero-order valence-corrected chi connectivity index (χ0v) is 12.7. The monoisotopic (exact) mass is 317 g/mol. The Morgan fingerprint density at radius 2 is 1.55 bits per heavy atom. The number of hydrogen-bond acceptors (Lipinski definition) is 2. The first-order chi connectivity index (χ1) is 10.1. The van der Waals surface area contributed by atoms with Gasteiger partial charge < -0.3 is 5.11 Å².